The van der Waals surface area contributed by atoms with Crippen LogP contribution in [-0.4, -0.2) is 25.5 Å². The third kappa shape index (κ3) is 4.28. The lowest BCUT2D eigenvalue weighted by Crippen LogP contribution is -2.31. The highest BCUT2D eigenvalue weighted by Crippen LogP contribution is 2.15. The van der Waals surface area contributed by atoms with E-state index in [0.717, 1.165) is 50.6 Å². The first-order valence-electron chi connectivity index (χ1n) is 6.60. The number of carbonyl (C=O) groups is 1. The number of nitrogens with one attached hydrogen (secondary N) is 2. The number of benzene rings is 1. The van der Waals surface area contributed by atoms with Gasteiger partial charge in [0.15, 0.2) is 0 Å². The molecule has 0 aliphatic carbocycles. The van der Waals surface area contributed by atoms with Crippen LogP contribution in [-0.2, 0) is 0 Å². The molecule has 1 amide bonds. The Morgan fingerprint density at radius 3 is 2.47 bits per heavy atom. The van der Waals surface area contributed by atoms with Crippen molar-refractivity contribution in [2.75, 3.05) is 19.6 Å². The molecule has 1 fully saturated rings. The van der Waals surface area contributed by atoms with Crippen molar-refractivity contribution in [2.45, 2.75) is 19.3 Å². The summed E-state index contributed by atoms with van der Waals surface area (Å²) in [5.74, 6) is -1.27. The van der Waals surface area contributed by atoms with Crippen molar-refractivity contribution in [2.24, 2.45) is 5.92 Å². The fourth-order valence-electron chi connectivity index (χ4n) is 2.35. The number of hydrogen-bond acceptors (Lipinski definition) is 2. The number of carbonyl (C=O) groups excluding carboxylic acids is 1. The van der Waals surface area contributed by atoms with E-state index in [9.17, 15) is 13.6 Å². The summed E-state index contributed by atoms with van der Waals surface area (Å²) in [6, 6.07) is 2.84. The summed E-state index contributed by atoms with van der Waals surface area (Å²) in [5.41, 5.74) is 0.0304. The lowest BCUT2D eigenvalue weighted by Gasteiger charge is -2.22. The van der Waals surface area contributed by atoms with Gasteiger partial charge in [-0.3, -0.25) is 4.79 Å². The molecule has 19 heavy (non-hydrogen) atoms. The van der Waals surface area contributed by atoms with Crippen molar-refractivity contribution < 1.29 is 13.6 Å². The van der Waals surface area contributed by atoms with Crippen molar-refractivity contribution in [3.05, 3.63) is 35.4 Å². The van der Waals surface area contributed by atoms with Crippen LogP contribution in [0.25, 0.3) is 0 Å². The molecule has 5 heteroatoms. The summed E-state index contributed by atoms with van der Waals surface area (Å²) in [5, 5.41) is 5.99. The summed E-state index contributed by atoms with van der Waals surface area (Å²) >= 11 is 0. The monoisotopic (exact) mass is 268 g/mol. The Kier molecular flexibility index (Phi) is 4.85. The smallest absolute Gasteiger partial charge is 0.251 e. The Balaban J connectivity index is 1.80. The number of halogens is 2. The van der Waals surface area contributed by atoms with E-state index >= 15 is 0 Å². The largest absolute Gasteiger partial charge is 0.352 e. The molecule has 2 rings (SSSR count). The Bertz CT molecular complexity index is 425. The predicted molar refractivity (Wildman–Crippen MR) is 68.9 cm³/mol. The molecule has 0 spiro atoms. The first-order chi connectivity index (χ1) is 9.15. The summed E-state index contributed by atoms with van der Waals surface area (Å²) in [6.45, 7) is 2.59. The second-order valence-electron chi connectivity index (χ2n) is 4.90. The molecule has 1 aliphatic rings. The van der Waals surface area contributed by atoms with E-state index in [2.05, 4.69) is 10.6 Å². The highest BCUT2D eigenvalue weighted by Gasteiger charge is 2.14. The van der Waals surface area contributed by atoms with Crippen molar-refractivity contribution >= 4 is 5.91 Å². The Labute approximate surface area is 111 Å². The maximum atomic E-state index is 13.0. The molecule has 2 N–H and O–H groups in total. The molecule has 0 saturated carbocycles. The van der Waals surface area contributed by atoms with Gasteiger partial charge in [0.2, 0.25) is 0 Å². The molecule has 3 nitrogen and oxygen atoms in total. The quantitative estimate of drug-likeness (QED) is 0.878. The highest BCUT2D eigenvalue weighted by atomic mass is 19.1. The van der Waals surface area contributed by atoms with E-state index in [1.165, 1.54) is 0 Å². The Morgan fingerprint density at radius 2 is 1.84 bits per heavy atom. The van der Waals surface area contributed by atoms with Gasteiger partial charge in [-0.1, -0.05) is 0 Å². The molecule has 1 aromatic rings. The van der Waals surface area contributed by atoms with Crippen LogP contribution in [0.3, 0.4) is 0 Å². The van der Waals surface area contributed by atoms with E-state index in [-0.39, 0.29) is 5.56 Å². The molecule has 104 valence electrons. The number of rotatable bonds is 4. The molecule has 1 saturated heterocycles. The fraction of sp³-hybridized carbons (Fsp3) is 0.500. The summed E-state index contributed by atoms with van der Waals surface area (Å²) < 4.78 is 25.9. The Hall–Kier alpha value is -1.49. The minimum Gasteiger partial charge on any atom is -0.352 e. The van der Waals surface area contributed by atoms with Crippen molar-refractivity contribution in [3.63, 3.8) is 0 Å². The van der Waals surface area contributed by atoms with E-state index in [1.54, 1.807) is 0 Å². The molecule has 0 radical (unpaired) electrons. The van der Waals surface area contributed by atoms with Crippen LogP contribution in [0.5, 0.6) is 0 Å². The minimum atomic E-state index is -0.733. The summed E-state index contributed by atoms with van der Waals surface area (Å²) in [4.78, 5) is 11.7. The average Bonchev–Trinajstić information content (AvgIpc) is 2.38. The summed E-state index contributed by atoms with van der Waals surface area (Å²) in [7, 11) is 0. The minimum absolute atomic E-state index is 0.0304. The van der Waals surface area contributed by atoms with E-state index in [1.807, 2.05) is 0 Å². The van der Waals surface area contributed by atoms with E-state index < -0.39 is 17.5 Å². The normalized spacial score (nSPS) is 16.3. The molecule has 1 aliphatic heterocycles. The van der Waals surface area contributed by atoms with Gasteiger partial charge in [0, 0.05) is 18.2 Å². The standard InChI is InChI=1S/C14H18F2N2O/c15-12-7-11(8-13(16)9-12)14(19)18-6-3-10-1-4-17-5-2-10/h7-10,17H,1-6H2,(H,18,19). The zero-order chi connectivity index (χ0) is 13.7. The maximum absolute atomic E-state index is 13.0. The van der Waals surface area contributed by atoms with E-state index in [4.69, 9.17) is 0 Å². The molecular weight excluding hydrogens is 250 g/mol. The maximum Gasteiger partial charge on any atom is 0.251 e. The molecule has 0 aromatic heterocycles. The topological polar surface area (TPSA) is 41.1 Å². The molecule has 1 heterocycles. The molecule has 0 atom stereocenters. The van der Waals surface area contributed by atoms with Crippen LogP contribution in [0, 0.1) is 17.6 Å². The van der Waals surface area contributed by atoms with Gasteiger partial charge < -0.3 is 10.6 Å². The van der Waals surface area contributed by atoms with Crippen molar-refractivity contribution in [1.82, 2.24) is 10.6 Å². The lowest BCUT2D eigenvalue weighted by molar-refractivity contribution is 0.0949. The van der Waals surface area contributed by atoms with Crippen LogP contribution >= 0.6 is 0 Å². The molecule has 0 unspecified atom stereocenters. The van der Waals surface area contributed by atoms with Crippen LogP contribution in [0.4, 0.5) is 8.78 Å². The predicted octanol–water partition coefficient (Wildman–Crippen LogP) is 2.08. The molecule has 1 aromatic carbocycles. The molecule has 0 bridgehead atoms. The third-order valence-corrected chi connectivity index (χ3v) is 3.42. The van der Waals surface area contributed by atoms with Gasteiger partial charge in [-0.05, 0) is 50.4 Å². The van der Waals surface area contributed by atoms with E-state index in [0.29, 0.717) is 12.5 Å². The Morgan fingerprint density at radius 1 is 1.21 bits per heavy atom. The first-order valence-corrected chi connectivity index (χ1v) is 6.60. The summed E-state index contributed by atoms with van der Waals surface area (Å²) in [6.07, 6.45) is 3.14. The average molecular weight is 268 g/mol. The van der Waals surface area contributed by atoms with Gasteiger partial charge in [-0.25, -0.2) is 8.78 Å². The second-order valence-corrected chi connectivity index (χ2v) is 4.90. The lowest BCUT2D eigenvalue weighted by atomic mass is 9.95. The van der Waals surface area contributed by atoms with Crippen LogP contribution in [0.15, 0.2) is 18.2 Å². The van der Waals surface area contributed by atoms with Gasteiger partial charge in [0.1, 0.15) is 11.6 Å². The van der Waals surface area contributed by atoms with Crippen LogP contribution in [0.1, 0.15) is 29.6 Å². The molecular formula is C14H18F2N2O. The van der Waals surface area contributed by atoms with Gasteiger partial charge in [0.05, 0.1) is 0 Å². The third-order valence-electron chi connectivity index (χ3n) is 3.42. The zero-order valence-electron chi connectivity index (χ0n) is 10.7. The van der Waals surface area contributed by atoms with Gasteiger partial charge in [-0.15, -0.1) is 0 Å². The SMILES string of the molecule is O=C(NCCC1CCNCC1)c1cc(F)cc(F)c1. The number of hydrogen-bond donors (Lipinski definition) is 2. The fourth-order valence-corrected chi connectivity index (χ4v) is 2.35. The first kappa shape index (κ1) is 13.9. The van der Waals surface area contributed by atoms with Gasteiger partial charge >= 0.3 is 0 Å². The second kappa shape index (κ2) is 6.61. The van der Waals surface area contributed by atoms with Crippen LogP contribution < -0.4 is 10.6 Å². The van der Waals surface area contributed by atoms with Crippen molar-refractivity contribution in [1.29, 1.82) is 0 Å². The zero-order valence-corrected chi connectivity index (χ0v) is 10.7. The number of amides is 1. The van der Waals surface area contributed by atoms with Crippen molar-refractivity contribution in [3.8, 4) is 0 Å². The van der Waals surface area contributed by atoms with Crippen LogP contribution in [0.2, 0.25) is 0 Å². The van der Waals surface area contributed by atoms with Gasteiger partial charge in [0.25, 0.3) is 5.91 Å². The highest BCUT2D eigenvalue weighted by molar-refractivity contribution is 5.94. The van der Waals surface area contributed by atoms with Gasteiger partial charge in [-0.2, -0.15) is 0 Å². The number of piperidine rings is 1.